The van der Waals surface area contributed by atoms with Gasteiger partial charge in [-0.1, -0.05) is 34.8 Å². The number of aromatic nitrogens is 1. The van der Waals surface area contributed by atoms with E-state index in [0.717, 1.165) is 5.56 Å². The van der Waals surface area contributed by atoms with Crippen molar-refractivity contribution in [2.75, 3.05) is 17.7 Å². The van der Waals surface area contributed by atoms with Crippen LogP contribution in [-0.4, -0.2) is 12.0 Å². The van der Waals surface area contributed by atoms with E-state index in [9.17, 15) is 0 Å². The van der Waals surface area contributed by atoms with Crippen LogP contribution in [0.3, 0.4) is 0 Å². The fraction of sp³-hybridized carbons (Fsp3) is 0.154. The summed E-state index contributed by atoms with van der Waals surface area (Å²) >= 11 is 18.1. The molecule has 1 heterocycles. The molecular formula is C13H12Cl3N3. The first kappa shape index (κ1) is 14.3. The molecule has 0 amide bonds. The van der Waals surface area contributed by atoms with Gasteiger partial charge in [-0.05, 0) is 29.8 Å². The van der Waals surface area contributed by atoms with Crippen molar-refractivity contribution >= 4 is 46.3 Å². The third-order valence-corrected chi connectivity index (χ3v) is 3.48. The smallest absolute Gasteiger partial charge is 0.147 e. The highest BCUT2D eigenvalue weighted by Gasteiger charge is 2.11. The molecule has 0 aliphatic carbocycles. The lowest BCUT2D eigenvalue weighted by Gasteiger charge is -2.20. The Bertz CT molecular complexity index is 602. The lowest BCUT2D eigenvalue weighted by molar-refractivity contribution is 0.899. The highest BCUT2D eigenvalue weighted by Crippen LogP contribution is 2.28. The van der Waals surface area contributed by atoms with Gasteiger partial charge in [0.1, 0.15) is 5.82 Å². The highest BCUT2D eigenvalue weighted by molar-refractivity contribution is 6.36. The van der Waals surface area contributed by atoms with Gasteiger partial charge in [0.15, 0.2) is 0 Å². The molecule has 1 aromatic heterocycles. The van der Waals surface area contributed by atoms with Crippen molar-refractivity contribution in [3.05, 3.63) is 51.1 Å². The van der Waals surface area contributed by atoms with Crippen LogP contribution in [0, 0.1) is 0 Å². The van der Waals surface area contributed by atoms with Gasteiger partial charge >= 0.3 is 0 Å². The van der Waals surface area contributed by atoms with Crippen molar-refractivity contribution in [1.29, 1.82) is 0 Å². The second-order valence-corrected chi connectivity index (χ2v) is 5.42. The van der Waals surface area contributed by atoms with E-state index < -0.39 is 0 Å². The summed E-state index contributed by atoms with van der Waals surface area (Å²) in [6.07, 6.45) is 1.56. The first-order valence-corrected chi connectivity index (χ1v) is 6.67. The summed E-state index contributed by atoms with van der Waals surface area (Å²) in [6, 6.07) is 7.03. The fourth-order valence-electron chi connectivity index (χ4n) is 1.73. The van der Waals surface area contributed by atoms with E-state index in [-0.39, 0.29) is 0 Å². The molecule has 100 valence electrons. The molecule has 0 spiro atoms. The number of nitrogen functional groups attached to an aromatic ring is 1. The molecule has 0 saturated carbocycles. The summed E-state index contributed by atoms with van der Waals surface area (Å²) in [6.45, 7) is 0.554. The monoisotopic (exact) mass is 315 g/mol. The molecular weight excluding hydrogens is 305 g/mol. The van der Waals surface area contributed by atoms with Crippen molar-refractivity contribution in [2.24, 2.45) is 0 Å². The number of nitrogens with two attached hydrogens (primary N) is 1. The van der Waals surface area contributed by atoms with E-state index in [0.29, 0.717) is 33.1 Å². The zero-order chi connectivity index (χ0) is 14.0. The van der Waals surface area contributed by atoms with E-state index in [1.165, 1.54) is 0 Å². The van der Waals surface area contributed by atoms with Crippen molar-refractivity contribution in [3.8, 4) is 0 Å². The first-order chi connectivity index (χ1) is 8.97. The molecule has 0 aliphatic rings. The Morgan fingerprint density at radius 1 is 1.16 bits per heavy atom. The average molecular weight is 317 g/mol. The van der Waals surface area contributed by atoms with Gasteiger partial charge in [0.25, 0.3) is 0 Å². The minimum atomic E-state index is 0.495. The fourth-order valence-corrected chi connectivity index (χ4v) is 2.44. The Morgan fingerprint density at radius 3 is 2.58 bits per heavy atom. The molecule has 2 rings (SSSR count). The number of halogens is 3. The highest BCUT2D eigenvalue weighted by atomic mass is 35.5. The van der Waals surface area contributed by atoms with E-state index >= 15 is 0 Å². The summed E-state index contributed by atoms with van der Waals surface area (Å²) in [5, 5.41) is 1.66. The summed E-state index contributed by atoms with van der Waals surface area (Å²) in [4.78, 5) is 6.10. The number of pyridine rings is 1. The van der Waals surface area contributed by atoms with E-state index in [4.69, 9.17) is 40.5 Å². The van der Waals surface area contributed by atoms with Crippen LogP contribution in [0.5, 0.6) is 0 Å². The molecule has 19 heavy (non-hydrogen) atoms. The Labute approximate surface area is 126 Å². The normalized spacial score (nSPS) is 10.5. The number of anilines is 2. The number of hydrogen-bond acceptors (Lipinski definition) is 3. The minimum absolute atomic E-state index is 0.495. The molecule has 0 unspecified atom stereocenters. The largest absolute Gasteiger partial charge is 0.399 e. The molecule has 3 nitrogen and oxygen atoms in total. The lowest BCUT2D eigenvalue weighted by atomic mass is 10.2. The van der Waals surface area contributed by atoms with Gasteiger partial charge in [-0.15, -0.1) is 0 Å². The van der Waals surface area contributed by atoms with Crippen molar-refractivity contribution in [3.63, 3.8) is 0 Å². The molecule has 2 aromatic rings. The molecule has 6 heteroatoms. The predicted octanol–water partition coefficient (Wildman–Crippen LogP) is 4.26. The quantitative estimate of drug-likeness (QED) is 0.860. The molecule has 0 bridgehead atoms. The lowest BCUT2D eigenvalue weighted by Crippen LogP contribution is -2.18. The van der Waals surface area contributed by atoms with E-state index in [1.54, 1.807) is 24.4 Å². The zero-order valence-electron chi connectivity index (χ0n) is 10.2. The topological polar surface area (TPSA) is 42.1 Å². The number of hydrogen-bond donors (Lipinski definition) is 1. The van der Waals surface area contributed by atoms with Crippen molar-refractivity contribution < 1.29 is 0 Å². The van der Waals surface area contributed by atoms with Gasteiger partial charge in [-0.2, -0.15) is 0 Å². The van der Waals surface area contributed by atoms with Crippen molar-refractivity contribution in [1.82, 2.24) is 4.98 Å². The van der Waals surface area contributed by atoms with Gasteiger partial charge < -0.3 is 10.6 Å². The van der Waals surface area contributed by atoms with Crippen LogP contribution in [0.4, 0.5) is 11.5 Å². The summed E-state index contributed by atoms with van der Waals surface area (Å²) in [7, 11) is 1.88. The van der Waals surface area contributed by atoms with Crippen LogP contribution in [0.25, 0.3) is 0 Å². The first-order valence-electron chi connectivity index (χ1n) is 5.53. The van der Waals surface area contributed by atoms with Crippen LogP contribution in [0.15, 0.2) is 30.5 Å². The third kappa shape index (κ3) is 3.44. The Hall–Kier alpha value is -1.16. The van der Waals surface area contributed by atoms with Gasteiger partial charge in [-0.3, -0.25) is 0 Å². The number of benzene rings is 1. The van der Waals surface area contributed by atoms with Gasteiger partial charge in [-0.25, -0.2) is 4.98 Å². The van der Waals surface area contributed by atoms with Crippen LogP contribution >= 0.6 is 34.8 Å². The predicted molar refractivity (Wildman–Crippen MR) is 82.2 cm³/mol. The minimum Gasteiger partial charge on any atom is -0.399 e. The Kier molecular flexibility index (Phi) is 4.40. The number of rotatable bonds is 3. The maximum absolute atomic E-state index is 6.14. The Balaban J connectivity index is 2.25. The zero-order valence-corrected chi connectivity index (χ0v) is 12.5. The molecule has 0 aliphatic heterocycles. The SMILES string of the molecule is CN(Cc1cc(N)ccc1Cl)c1ncc(Cl)cc1Cl. The summed E-state index contributed by atoms with van der Waals surface area (Å²) < 4.78 is 0. The second kappa shape index (κ2) is 5.87. The molecule has 0 atom stereocenters. The molecule has 1 aromatic carbocycles. The average Bonchev–Trinajstić information content (AvgIpc) is 2.33. The molecule has 0 radical (unpaired) electrons. The van der Waals surface area contributed by atoms with Crippen LogP contribution in [-0.2, 0) is 6.54 Å². The molecule has 2 N–H and O–H groups in total. The standard InChI is InChI=1S/C13H12Cl3N3/c1-19(13-12(16)5-9(14)6-18-13)7-8-4-10(17)2-3-11(8)15/h2-6H,7,17H2,1H3. The maximum Gasteiger partial charge on any atom is 0.147 e. The summed E-state index contributed by atoms with van der Waals surface area (Å²) in [5.74, 6) is 0.643. The summed E-state index contributed by atoms with van der Waals surface area (Å²) in [5.41, 5.74) is 7.34. The molecule has 0 fully saturated rings. The third-order valence-electron chi connectivity index (χ3n) is 2.63. The van der Waals surface area contributed by atoms with Crippen molar-refractivity contribution in [2.45, 2.75) is 6.54 Å². The number of nitrogens with zero attached hydrogens (tertiary/aromatic N) is 2. The second-order valence-electron chi connectivity index (χ2n) is 4.17. The Morgan fingerprint density at radius 2 is 1.89 bits per heavy atom. The van der Waals surface area contributed by atoms with Crippen LogP contribution in [0.1, 0.15) is 5.56 Å². The van der Waals surface area contributed by atoms with Crippen LogP contribution < -0.4 is 10.6 Å². The van der Waals surface area contributed by atoms with Crippen LogP contribution in [0.2, 0.25) is 15.1 Å². The van der Waals surface area contributed by atoms with Gasteiger partial charge in [0.05, 0.1) is 10.0 Å². The molecule has 0 saturated heterocycles. The van der Waals surface area contributed by atoms with Gasteiger partial charge in [0, 0.05) is 30.5 Å². The van der Waals surface area contributed by atoms with E-state index in [1.807, 2.05) is 18.0 Å². The maximum atomic E-state index is 6.14. The van der Waals surface area contributed by atoms with Gasteiger partial charge in [0.2, 0.25) is 0 Å². The van der Waals surface area contributed by atoms with E-state index in [2.05, 4.69) is 4.98 Å².